The molecule has 1 amide bonds. The number of amides is 1. The number of benzene rings is 1. The fourth-order valence-electron chi connectivity index (χ4n) is 3.21. The Bertz CT molecular complexity index is 697. The predicted molar refractivity (Wildman–Crippen MR) is 92.3 cm³/mol. The largest absolute Gasteiger partial charge is 0.325 e. The van der Waals surface area contributed by atoms with Gasteiger partial charge in [0.2, 0.25) is 11.7 Å². The maximum atomic E-state index is 12.8. The van der Waals surface area contributed by atoms with E-state index in [1.165, 1.54) is 0 Å². The second-order valence-electron chi connectivity index (χ2n) is 6.82. The highest BCUT2D eigenvalue weighted by Gasteiger charge is 2.38. The summed E-state index contributed by atoms with van der Waals surface area (Å²) in [5.41, 5.74) is 1.60. The van der Waals surface area contributed by atoms with Gasteiger partial charge in [0.15, 0.2) is 0 Å². The summed E-state index contributed by atoms with van der Waals surface area (Å²) in [5, 5.41) is 17.0. The topological polar surface area (TPSA) is 86.8 Å². The molecule has 7 heteroatoms. The quantitative estimate of drug-likeness (QED) is 0.880. The van der Waals surface area contributed by atoms with Crippen molar-refractivity contribution in [3.8, 4) is 11.4 Å². The highest BCUT2D eigenvalue weighted by atomic mass is 16.2. The van der Waals surface area contributed by atoms with Gasteiger partial charge in [0.1, 0.15) is 0 Å². The van der Waals surface area contributed by atoms with Crippen LogP contribution in [-0.2, 0) is 4.79 Å². The molecular formula is C17H24N6O. The number of carbonyl (C=O) groups is 1. The van der Waals surface area contributed by atoms with Crippen molar-refractivity contribution < 1.29 is 4.79 Å². The van der Waals surface area contributed by atoms with E-state index in [1.807, 2.05) is 24.3 Å². The molecule has 1 saturated heterocycles. The number of hydrogen-bond donors (Lipinski definition) is 2. The first kappa shape index (κ1) is 16.6. The van der Waals surface area contributed by atoms with E-state index in [1.54, 1.807) is 0 Å². The molecule has 128 valence electrons. The van der Waals surface area contributed by atoms with Gasteiger partial charge in [0, 0.05) is 16.8 Å². The number of nitrogens with one attached hydrogen (secondary N) is 2. The normalized spacial score (nSPS) is 18.7. The third kappa shape index (κ3) is 3.31. The van der Waals surface area contributed by atoms with Crippen LogP contribution in [0.4, 0.5) is 5.69 Å². The van der Waals surface area contributed by atoms with Crippen LogP contribution in [-0.4, -0.2) is 49.6 Å². The average Bonchev–Trinajstić information content (AvgIpc) is 3.27. The molecule has 2 N–H and O–H groups in total. The zero-order valence-electron chi connectivity index (χ0n) is 14.4. The number of nitrogens with zero attached hydrogens (tertiary/aromatic N) is 4. The van der Waals surface area contributed by atoms with Crippen LogP contribution in [0.3, 0.4) is 0 Å². The predicted octanol–water partition coefficient (Wildman–Crippen LogP) is 2.46. The summed E-state index contributed by atoms with van der Waals surface area (Å²) in [7, 11) is 0. The summed E-state index contributed by atoms with van der Waals surface area (Å²) in [6, 6.07) is 7.44. The Morgan fingerprint density at radius 2 is 2.29 bits per heavy atom. The Balaban J connectivity index is 1.74. The minimum absolute atomic E-state index is 0.0327. The molecule has 0 saturated carbocycles. The van der Waals surface area contributed by atoms with E-state index in [0.717, 1.165) is 37.1 Å². The number of hydrogen-bond acceptors (Lipinski definition) is 5. The number of tetrazole rings is 1. The highest BCUT2D eigenvalue weighted by molar-refractivity contribution is 5.95. The number of carbonyl (C=O) groups excluding carboxylic acids is 1. The van der Waals surface area contributed by atoms with E-state index < -0.39 is 0 Å². The molecule has 3 rings (SSSR count). The molecule has 1 aliphatic rings. The van der Waals surface area contributed by atoms with Crippen LogP contribution in [0.25, 0.3) is 11.4 Å². The van der Waals surface area contributed by atoms with Crippen molar-refractivity contribution in [1.29, 1.82) is 0 Å². The molecular weight excluding hydrogens is 304 g/mol. The molecule has 2 aromatic rings. The summed E-state index contributed by atoms with van der Waals surface area (Å²) in [4.78, 5) is 15.1. The van der Waals surface area contributed by atoms with Crippen molar-refractivity contribution >= 4 is 11.6 Å². The Labute approximate surface area is 141 Å². The summed E-state index contributed by atoms with van der Waals surface area (Å²) < 4.78 is 0. The molecule has 7 nitrogen and oxygen atoms in total. The standard InChI is InChI=1S/C17H24N6O/c1-4-17(2,3)23-10-6-9-14(23)16(24)18-13-8-5-7-12(11-13)15-19-21-22-20-15/h5,7-8,11,14H,4,6,9-10H2,1-3H3,(H,18,24)(H,19,20,21,22). The van der Waals surface area contributed by atoms with Crippen LogP contribution in [0.5, 0.6) is 0 Å². The zero-order valence-corrected chi connectivity index (χ0v) is 14.4. The van der Waals surface area contributed by atoms with E-state index in [2.05, 4.69) is 51.6 Å². The lowest BCUT2D eigenvalue weighted by Gasteiger charge is -2.38. The van der Waals surface area contributed by atoms with Gasteiger partial charge in [-0.15, -0.1) is 10.2 Å². The van der Waals surface area contributed by atoms with Crippen molar-refractivity contribution in [2.24, 2.45) is 0 Å². The number of likely N-dealkylation sites (tertiary alicyclic amines) is 1. The molecule has 1 atom stereocenters. The number of H-pyrrole nitrogens is 1. The molecule has 1 aromatic carbocycles. The number of anilines is 1. The molecule has 1 fully saturated rings. The van der Waals surface area contributed by atoms with Crippen LogP contribution in [0.2, 0.25) is 0 Å². The van der Waals surface area contributed by atoms with Gasteiger partial charge in [-0.25, -0.2) is 0 Å². The lowest BCUT2D eigenvalue weighted by molar-refractivity contribution is -0.122. The third-order valence-electron chi connectivity index (χ3n) is 4.93. The third-order valence-corrected chi connectivity index (χ3v) is 4.93. The summed E-state index contributed by atoms with van der Waals surface area (Å²) >= 11 is 0. The smallest absolute Gasteiger partial charge is 0.241 e. The minimum Gasteiger partial charge on any atom is -0.325 e. The van der Waals surface area contributed by atoms with Crippen molar-refractivity contribution in [3.05, 3.63) is 24.3 Å². The number of rotatable bonds is 5. The first-order chi connectivity index (χ1) is 11.5. The van der Waals surface area contributed by atoms with Crippen LogP contribution >= 0.6 is 0 Å². The van der Waals surface area contributed by atoms with Crippen molar-refractivity contribution in [2.45, 2.75) is 51.6 Å². The van der Waals surface area contributed by atoms with Gasteiger partial charge in [-0.2, -0.15) is 5.21 Å². The molecule has 0 radical (unpaired) electrons. The van der Waals surface area contributed by atoms with Crippen molar-refractivity contribution in [1.82, 2.24) is 25.5 Å². The Morgan fingerprint density at radius 3 is 3.00 bits per heavy atom. The van der Waals surface area contributed by atoms with E-state index in [0.29, 0.717) is 5.82 Å². The Morgan fingerprint density at radius 1 is 1.46 bits per heavy atom. The molecule has 0 bridgehead atoms. The summed E-state index contributed by atoms with van der Waals surface area (Å²) in [6.45, 7) is 7.55. The fourth-order valence-corrected chi connectivity index (χ4v) is 3.21. The summed E-state index contributed by atoms with van der Waals surface area (Å²) in [6.07, 6.45) is 2.98. The molecule has 1 aromatic heterocycles. The first-order valence-corrected chi connectivity index (χ1v) is 8.43. The maximum absolute atomic E-state index is 12.8. The van der Waals surface area contributed by atoms with Gasteiger partial charge in [0.25, 0.3) is 0 Å². The van der Waals surface area contributed by atoms with E-state index in [9.17, 15) is 4.79 Å². The first-order valence-electron chi connectivity index (χ1n) is 8.43. The van der Waals surface area contributed by atoms with Gasteiger partial charge >= 0.3 is 0 Å². The van der Waals surface area contributed by atoms with Gasteiger partial charge < -0.3 is 5.32 Å². The second kappa shape index (κ2) is 6.68. The lowest BCUT2D eigenvalue weighted by Crippen LogP contribution is -2.50. The van der Waals surface area contributed by atoms with E-state index >= 15 is 0 Å². The molecule has 24 heavy (non-hydrogen) atoms. The van der Waals surface area contributed by atoms with Crippen molar-refractivity contribution in [2.75, 3.05) is 11.9 Å². The molecule has 1 unspecified atom stereocenters. The van der Waals surface area contributed by atoms with E-state index in [4.69, 9.17) is 0 Å². The fraction of sp³-hybridized carbons (Fsp3) is 0.529. The van der Waals surface area contributed by atoms with Gasteiger partial charge in [-0.3, -0.25) is 9.69 Å². The maximum Gasteiger partial charge on any atom is 0.241 e. The van der Waals surface area contributed by atoms with Crippen LogP contribution < -0.4 is 5.32 Å². The molecule has 2 heterocycles. The Kier molecular flexibility index (Phi) is 4.62. The van der Waals surface area contributed by atoms with Gasteiger partial charge in [0.05, 0.1) is 6.04 Å². The molecule has 1 aliphatic heterocycles. The zero-order chi connectivity index (χ0) is 17.2. The van der Waals surface area contributed by atoms with Crippen LogP contribution in [0.15, 0.2) is 24.3 Å². The molecule has 0 spiro atoms. The average molecular weight is 328 g/mol. The van der Waals surface area contributed by atoms with Crippen molar-refractivity contribution in [3.63, 3.8) is 0 Å². The SMILES string of the molecule is CCC(C)(C)N1CCCC1C(=O)Nc1cccc(-c2nn[nH]n2)c1. The second-order valence-corrected chi connectivity index (χ2v) is 6.82. The van der Waals surface area contributed by atoms with Crippen LogP contribution in [0, 0.1) is 0 Å². The highest BCUT2D eigenvalue weighted by Crippen LogP contribution is 2.30. The minimum atomic E-state index is -0.0752. The van der Waals surface area contributed by atoms with E-state index in [-0.39, 0.29) is 17.5 Å². The monoisotopic (exact) mass is 328 g/mol. The summed E-state index contributed by atoms with van der Waals surface area (Å²) in [5.74, 6) is 0.569. The Hall–Kier alpha value is -2.28. The van der Waals surface area contributed by atoms with Gasteiger partial charge in [-0.05, 0) is 57.0 Å². The lowest BCUT2D eigenvalue weighted by atomic mass is 9.98. The number of aromatic amines is 1. The van der Waals surface area contributed by atoms with Crippen LogP contribution in [0.1, 0.15) is 40.0 Å². The number of aromatic nitrogens is 4. The van der Waals surface area contributed by atoms with Gasteiger partial charge in [-0.1, -0.05) is 19.1 Å². The molecule has 0 aliphatic carbocycles.